The van der Waals surface area contributed by atoms with Crippen LogP contribution in [-0.2, 0) is 6.54 Å². The molecule has 0 bridgehead atoms. The predicted octanol–water partition coefficient (Wildman–Crippen LogP) is -1.39. The van der Waals surface area contributed by atoms with Crippen LogP contribution in [-0.4, -0.2) is 35.5 Å². The van der Waals surface area contributed by atoms with Crippen molar-refractivity contribution in [3.63, 3.8) is 0 Å². The SMILES string of the molecule is C[NH+](Cc1ccc(O)c(O)c1)NCCO. The number of benzene rings is 1. The van der Waals surface area contributed by atoms with Crippen molar-refractivity contribution in [3.8, 4) is 11.5 Å². The number of phenols is 2. The zero-order valence-electron chi connectivity index (χ0n) is 8.70. The second kappa shape index (κ2) is 5.55. The highest BCUT2D eigenvalue weighted by molar-refractivity contribution is 5.40. The summed E-state index contributed by atoms with van der Waals surface area (Å²) < 4.78 is 0. The largest absolute Gasteiger partial charge is 0.504 e. The molecule has 1 atom stereocenters. The van der Waals surface area contributed by atoms with Crippen LogP contribution in [0.15, 0.2) is 18.2 Å². The van der Waals surface area contributed by atoms with Crippen LogP contribution in [0.1, 0.15) is 5.56 Å². The molecule has 1 rings (SSSR count). The van der Waals surface area contributed by atoms with Crippen molar-refractivity contribution >= 4 is 0 Å². The van der Waals surface area contributed by atoms with Crippen molar-refractivity contribution in [1.29, 1.82) is 0 Å². The maximum atomic E-state index is 9.27. The van der Waals surface area contributed by atoms with Gasteiger partial charge in [0.05, 0.1) is 20.2 Å². The van der Waals surface area contributed by atoms with Gasteiger partial charge in [-0.25, -0.2) is 0 Å². The number of phenolic OH excluding ortho intramolecular Hbond substituents is 2. The fourth-order valence-corrected chi connectivity index (χ4v) is 1.32. The molecule has 84 valence electrons. The van der Waals surface area contributed by atoms with Gasteiger partial charge in [-0.15, -0.1) is 0 Å². The van der Waals surface area contributed by atoms with E-state index in [2.05, 4.69) is 5.43 Å². The Kier molecular flexibility index (Phi) is 4.36. The Morgan fingerprint density at radius 1 is 1.27 bits per heavy atom. The maximum Gasteiger partial charge on any atom is 0.157 e. The highest BCUT2D eigenvalue weighted by Gasteiger charge is 2.05. The summed E-state index contributed by atoms with van der Waals surface area (Å²) in [6, 6.07) is 4.74. The molecule has 0 saturated heterocycles. The highest BCUT2D eigenvalue weighted by atomic mass is 16.3. The maximum absolute atomic E-state index is 9.27. The number of hydrogen-bond donors (Lipinski definition) is 5. The predicted molar refractivity (Wildman–Crippen MR) is 55.5 cm³/mol. The lowest BCUT2D eigenvalue weighted by atomic mass is 10.2. The Balaban J connectivity index is 2.53. The Morgan fingerprint density at radius 2 is 2.00 bits per heavy atom. The summed E-state index contributed by atoms with van der Waals surface area (Å²) in [6.07, 6.45) is 0. The first-order valence-corrected chi connectivity index (χ1v) is 4.81. The van der Waals surface area contributed by atoms with Crippen LogP contribution in [0.3, 0.4) is 0 Å². The number of aliphatic hydroxyl groups is 1. The van der Waals surface area contributed by atoms with E-state index in [9.17, 15) is 5.11 Å². The van der Waals surface area contributed by atoms with E-state index in [1.807, 2.05) is 7.05 Å². The van der Waals surface area contributed by atoms with Crippen LogP contribution in [0, 0.1) is 0 Å². The summed E-state index contributed by atoms with van der Waals surface area (Å²) in [5.74, 6) is -0.220. The number of aromatic hydroxyl groups is 2. The molecule has 0 fully saturated rings. The van der Waals surface area contributed by atoms with Gasteiger partial charge in [-0.05, 0) is 18.2 Å². The smallest absolute Gasteiger partial charge is 0.157 e. The third kappa shape index (κ3) is 3.75. The van der Waals surface area contributed by atoms with Crippen LogP contribution < -0.4 is 10.4 Å². The lowest BCUT2D eigenvalue weighted by Gasteiger charge is -2.14. The van der Waals surface area contributed by atoms with Crippen molar-refractivity contribution < 1.29 is 20.3 Å². The molecule has 0 aliphatic rings. The minimum absolute atomic E-state index is 0.0954. The van der Waals surface area contributed by atoms with Crippen LogP contribution in [0.25, 0.3) is 0 Å². The molecule has 5 nitrogen and oxygen atoms in total. The topological polar surface area (TPSA) is 77.2 Å². The van der Waals surface area contributed by atoms with Crippen LogP contribution in [0.2, 0.25) is 0 Å². The number of quaternary nitrogens is 1. The van der Waals surface area contributed by atoms with Crippen molar-refractivity contribution in [2.75, 3.05) is 20.2 Å². The molecule has 5 N–H and O–H groups in total. The molecule has 5 heteroatoms. The Bertz CT molecular complexity index is 318. The van der Waals surface area contributed by atoms with Gasteiger partial charge >= 0.3 is 0 Å². The molecule has 0 aliphatic heterocycles. The van der Waals surface area contributed by atoms with Crippen molar-refractivity contribution in [3.05, 3.63) is 23.8 Å². The van der Waals surface area contributed by atoms with E-state index in [0.29, 0.717) is 13.1 Å². The molecule has 0 aliphatic carbocycles. The van der Waals surface area contributed by atoms with Gasteiger partial charge in [0.25, 0.3) is 0 Å². The minimum Gasteiger partial charge on any atom is -0.504 e. The van der Waals surface area contributed by atoms with Gasteiger partial charge in [0.15, 0.2) is 11.5 Å². The Labute approximate surface area is 88.6 Å². The molecule has 1 unspecified atom stereocenters. The fourth-order valence-electron chi connectivity index (χ4n) is 1.32. The number of nitrogens with one attached hydrogen (secondary N) is 2. The van der Waals surface area contributed by atoms with E-state index < -0.39 is 0 Å². The second-order valence-electron chi connectivity index (χ2n) is 3.43. The molecule has 15 heavy (non-hydrogen) atoms. The average molecular weight is 213 g/mol. The molecule has 0 heterocycles. The van der Waals surface area contributed by atoms with Crippen molar-refractivity contribution in [2.24, 2.45) is 0 Å². The number of hydrogen-bond acceptors (Lipinski definition) is 4. The third-order valence-corrected chi connectivity index (χ3v) is 2.05. The first kappa shape index (κ1) is 11.8. The summed E-state index contributed by atoms with van der Waals surface area (Å²) in [5, 5.41) is 28.0. The van der Waals surface area contributed by atoms with Gasteiger partial charge in [-0.1, -0.05) is 0 Å². The molecule has 1 aromatic carbocycles. The van der Waals surface area contributed by atoms with Crippen molar-refractivity contribution in [1.82, 2.24) is 5.43 Å². The van der Waals surface area contributed by atoms with Gasteiger partial charge < -0.3 is 15.3 Å². The first-order chi connectivity index (χ1) is 7.13. The zero-order valence-corrected chi connectivity index (χ0v) is 8.70. The van der Waals surface area contributed by atoms with Crippen LogP contribution >= 0.6 is 0 Å². The average Bonchev–Trinajstić information content (AvgIpc) is 2.20. The normalized spacial score (nSPS) is 12.7. The molecule has 0 amide bonds. The molecule has 0 aromatic heterocycles. The summed E-state index contributed by atoms with van der Waals surface area (Å²) in [7, 11) is 1.92. The molecule has 0 saturated carbocycles. The fraction of sp³-hybridized carbons (Fsp3) is 0.400. The van der Waals surface area contributed by atoms with E-state index in [-0.39, 0.29) is 18.1 Å². The van der Waals surface area contributed by atoms with E-state index >= 15 is 0 Å². The van der Waals surface area contributed by atoms with E-state index in [4.69, 9.17) is 10.2 Å². The lowest BCUT2D eigenvalue weighted by Crippen LogP contribution is -3.14. The van der Waals surface area contributed by atoms with Gasteiger partial charge in [-0.3, -0.25) is 5.01 Å². The zero-order chi connectivity index (χ0) is 11.3. The summed E-state index contributed by atoms with van der Waals surface area (Å²) in [4.78, 5) is 0. The second-order valence-corrected chi connectivity index (χ2v) is 3.43. The van der Waals surface area contributed by atoms with Crippen molar-refractivity contribution in [2.45, 2.75) is 6.54 Å². The number of aliphatic hydroxyl groups excluding tert-OH is 1. The van der Waals surface area contributed by atoms with Crippen LogP contribution in [0.4, 0.5) is 0 Å². The Morgan fingerprint density at radius 3 is 2.60 bits per heavy atom. The summed E-state index contributed by atoms with van der Waals surface area (Å²) in [5.41, 5.74) is 3.95. The van der Waals surface area contributed by atoms with Gasteiger partial charge in [0.1, 0.15) is 6.54 Å². The van der Waals surface area contributed by atoms with Gasteiger partial charge in [0, 0.05) is 5.56 Å². The van der Waals surface area contributed by atoms with E-state index in [0.717, 1.165) is 10.6 Å². The summed E-state index contributed by atoms with van der Waals surface area (Å²) in [6.45, 7) is 1.28. The third-order valence-electron chi connectivity index (χ3n) is 2.05. The highest BCUT2D eigenvalue weighted by Crippen LogP contribution is 2.24. The standard InChI is InChI=1S/C10H16N2O3/c1-12(11-4-5-13)7-8-2-3-9(14)10(15)6-8/h2-3,6,11,13-15H,4-5,7H2,1H3/p+1. The van der Waals surface area contributed by atoms with Crippen LogP contribution in [0.5, 0.6) is 11.5 Å². The lowest BCUT2D eigenvalue weighted by molar-refractivity contribution is -0.939. The first-order valence-electron chi connectivity index (χ1n) is 4.81. The molecular weight excluding hydrogens is 196 g/mol. The van der Waals surface area contributed by atoms with Gasteiger partial charge in [0.2, 0.25) is 0 Å². The van der Waals surface area contributed by atoms with E-state index in [1.165, 1.54) is 12.1 Å². The van der Waals surface area contributed by atoms with Gasteiger partial charge in [-0.2, -0.15) is 5.43 Å². The monoisotopic (exact) mass is 213 g/mol. The molecule has 0 spiro atoms. The summed E-state index contributed by atoms with van der Waals surface area (Å²) >= 11 is 0. The van der Waals surface area contributed by atoms with E-state index in [1.54, 1.807) is 6.07 Å². The number of rotatable bonds is 5. The molecular formula is C10H17N2O3+. The molecule has 1 aromatic rings. The quantitative estimate of drug-likeness (QED) is 0.308. The minimum atomic E-state index is -0.111. The molecule has 0 radical (unpaired) electrons. The Hall–Kier alpha value is -1.30.